The van der Waals surface area contributed by atoms with Crippen LogP contribution in [0, 0.1) is 0 Å². The Balaban J connectivity index is 0.979. The predicted octanol–water partition coefficient (Wildman–Crippen LogP) is 1.20. The van der Waals surface area contributed by atoms with Crippen LogP contribution in [0.1, 0.15) is 58.4 Å². The van der Waals surface area contributed by atoms with Crippen LogP contribution in [0.5, 0.6) is 0 Å². The van der Waals surface area contributed by atoms with Crippen molar-refractivity contribution in [1.82, 2.24) is 29.3 Å². The topological polar surface area (TPSA) is 122 Å². The van der Waals surface area contributed by atoms with Gasteiger partial charge in [0.05, 0.1) is 11.6 Å². The third-order valence-corrected chi connectivity index (χ3v) is 9.42. The van der Waals surface area contributed by atoms with Crippen molar-refractivity contribution in [3.8, 4) is 0 Å². The van der Waals surface area contributed by atoms with Gasteiger partial charge in [0.1, 0.15) is 11.6 Å². The summed E-state index contributed by atoms with van der Waals surface area (Å²) in [6.45, 7) is 8.58. The lowest BCUT2D eigenvalue weighted by Gasteiger charge is -2.41. The summed E-state index contributed by atoms with van der Waals surface area (Å²) in [6, 6.07) is 7.76. The number of aliphatic hydroxyl groups excluding tert-OH is 1. The minimum absolute atomic E-state index is 0.0491. The van der Waals surface area contributed by atoms with Gasteiger partial charge < -0.3 is 24.9 Å². The van der Waals surface area contributed by atoms with Crippen LogP contribution in [0.3, 0.4) is 0 Å². The summed E-state index contributed by atoms with van der Waals surface area (Å²) in [6.07, 6.45) is 4.03. The summed E-state index contributed by atoms with van der Waals surface area (Å²) in [5.74, 6) is 0.110. The molecule has 4 aliphatic heterocycles. The van der Waals surface area contributed by atoms with Crippen molar-refractivity contribution < 1.29 is 24.3 Å². The fourth-order valence-corrected chi connectivity index (χ4v) is 7.42. The lowest BCUT2D eigenvalue weighted by Crippen LogP contribution is -2.55. The lowest BCUT2D eigenvalue weighted by molar-refractivity contribution is -0.142. The number of fused-ring (bicyclic) bond motifs is 3. The molecule has 2 amide bonds. The normalized spacial score (nSPS) is 27.6. The smallest absolute Gasteiger partial charge is 0.390 e. The number of β-amino-alcohol motifs (C(OH)–C–C–N with tert-alkyl or cyclic N) is 1. The largest absolute Gasteiger partial charge is 0.432 e. The Morgan fingerprint density at radius 2 is 1.71 bits per heavy atom. The quantitative estimate of drug-likeness (QED) is 0.475. The molecule has 2 unspecified atom stereocenters. The van der Waals surface area contributed by atoms with Gasteiger partial charge >= 0.3 is 11.8 Å². The number of hydrogen-bond acceptors (Lipinski definition) is 8. The number of nitrogens with one attached hydrogen (secondary N) is 1. The average Bonchev–Trinajstić information content (AvgIpc) is 3.65. The zero-order valence-electron chi connectivity index (χ0n) is 24.7. The lowest BCUT2D eigenvalue weighted by atomic mass is 9.97. The van der Waals surface area contributed by atoms with E-state index in [0.29, 0.717) is 38.3 Å². The maximum atomic E-state index is 13.0. The van der Waals surface area contributed by atoms with Crippen LogP contribution in [-0.4, -0.2) is 117 Å². The van der Waals surface area contributed by atoms with Gasteiger partial charge in [-0.25, -0.2) is 9.59 Å². The number of benzene rings is 1. The Kier molecular flexibility index (Phi) is 8.58. The van der Waals surface area contributed by atoms with E-state index in [4.69, 9.17) is 9.57 Å². The number of para-hydroxylation sites is 2. The molecular weight excluding hydrogens is 540 g/mol. The molecule has 42 heavy (non-hydrogen) atoms. The third-order valence-electron chi connectivity index (χ3n) is 9.42. The number of imidazole rings is 1. The summed E-state index contributed by atoms with van der Waals surface area (Å²) in [4.78, 5) is 50.7. The summed E-state index contributed by atoms with van der Waals surface area (Å²) in [5.41, 5.74) is 0.913. The van der Waals surface area contributed by atoms with E-state index < -0.39 is 12.2 Å². The van der Waals surface area contributed by atoms with E-state index in [9.17, 15) is 19.5 Å². The van der Waals surface area contributed by atoms with Gasteiger partial charge in [-0.15, -0.1) is 4.73 Å². The number of piperazine rings is 1. The van der Waals surface area contributed by atoms with Crippen LogP contribution in [0.25, 0.3) is 11.0 Å². The van der Waals surface area contributed by atoms with Crippen LogP contribution in [-0.2, 0) is 9.53 Å². The summed E-state index contributed by atoms with van der Waals surface area (Å²) < 4.78 is 8.27. The number of ether oxygens (including phenoxy) is 1. The number of nitrogens with zero attached hydrogens (tertiary/aromatic N) is 5. The molecule has 230 valence electrons. The van der Waals surface area contributed by atoms with Crippen molar-refractivity contribution in [1.29, 1.82) is 0 Å². The van der Waals surface area contributed by atoms with E-state index in [2.05, 4.69) is 15.1 Å². The van der Waals surface area contributed by atoms with Crippen LogP contribution in [0.2, 0.25) is 0 Å². The number of carbonyl (C=O) groups excluding carboxylic acids is 2. The monoisotopic (exact) mass is 584 g/mol. The molecule has 0 spiro atoms. The van der Waals surface area contributed by atoms with Gasteiger partial charge in [0.2, 0.25) is 0 Å². The molecule has 2 aromatic rings. The summed E-state index contributed by atoms with van der Waals surface area (Å²) >= 11 is 0. The highest BCUT2D eigenvalue weighted by molar-refractivity contribution is 5.81. The van der Waals surface area contributed by atoms with E-state index in [-0.39, 0.29) is 41.9 Å². The molecule has 12 nitrogen and oxygen atoms in total. The van der Waals surface area contributed by atoms with E-state index in [1.807, 2.05) is 36.9 Å². The molecule has 12 heteroatoms. The van der Waals surface area contributed by atoms with Gasteiger partial charge in [0, 0.05) is 70.0 Å². The molecule has 2 bridgehead atoms. The minimum atomic E-state index is -0.626. The zero-order chi connectivity index (χ0) is 29.4. The highest BCUT2D eigenvalue weighted by atomic mass is 16.7. The van der Waals surface area contributed by atoms with E-state index in [0.717, 1.165) is 61.9 Å². The second-order valence-corrected chi connectivity index (χ2v) is 12.6. The van der Waals surface area contributed by atoms with Gasteiger partial charge in [0.15, 0.2) is 0 Å². The Morgan fingerprint density at radius 1 is 1.02 bits per heavy atom. The SMILES string of the molecule is CC(C)n1c(=O)n(OC(=O)N[C@@H]2C[C@H]3CC[C@@H](C2)N3CC(O)CN2CCN(C(=O)C3CCCO3)CC2)c2ccccc21. The number of hydrogen-bond donors (Lipinski definition) is 2. The number of amides is 2. The van der Waals surface area contributed by atoms with Crippen LogP contribution >= 0.6 is 0 Å². The Bertz CT molecular complexity index is 1310. The van der Waals surface area contributed by atoms with Crippen molar-refractivity contribution in [3.05, 3.63) is 34.7 Å². The molecule has 6 rings (SSSR count). The molecule has 0 saturated carbocycles. The first-order valence-corrected chi connectivity index (χ1v) is 15.6. The van der Waals surface area contributed by atoms with Crippen LogP contribution in [0.15, 0.2) is 29.1 Å². The van der Waals surface area contributed by atoms with Crippen molar-refractivity contribution in [2.75, 3.05) is 45.9 Å². The molecule has 4 saturated heterocycles. The molecule has 0 aliphatic carbocycles. The third kappa shape index (κ3) is 5.95. The second kappa shape index (κ2) is 12.4. The highest BCUT2D eigenvalue weighted by Crippen LogP contribution is 2.36. The van der Waals surface area contributed by atoms with Gasteiger partial charge in [0.25, 0.3) is 5.91 Å². The number of carbonyl (C=O) groups is 2. The standard InChI is InChI=1S/C30H44N6O6/c1-20(2)35-25-6-3-4-7-26(25)36(30(35)40)42-29(39)31-21-16-22-9-10-23(17-21)34(22)19-24(37)18-32-11-13-33(14-12-32)28(38)27-8-5-15-41-27/h3-4,6-7,20-24,27,37H,5,8-19H2,1-2H3,(H,31,39)/t21-,22-,23+,24?,27?. The van der Waals surface area contributed by atoms with Crippen LogP contribution < -0.4 is 15.8 Å². The molecule has 5 atom stereocenters. The van der Waals surface area contributed by atoms with E-state index >= 15 is 0 Å². The van der Waals surface area contributed by atoms with Crippen molar-refractivity contribution in [3.63, 3.8) is 0 Å². The van der Waals surface area contributed by atoms with E-state index in [1.54, 1.807) is 10.6 Å². The Morgan fingerprint density at radius 3 is 2.36 bits per heavy atom. The molecular formula is C30H44N6O6. The van der Waals surface area contributed by atoms with Gasteiger partial charge in [-0.05, 0) is 64.5 Å². The number of aromatic nitrogens is 2. The summed E-state index contributed by atoms with van der Waals surface area (Å²) in [5, 5.41) is 14.0. The highest BCUT2D eigenvalue weighted by Gasteiger charge is 2.42. The van der Waals surface area contributed by atoms with Gasteiger partial charge in [-0.3, -0.25) is 19.2 Å². The molecule has 2 N–H and O–H groups in total. The molecule has 1 aromatic carbocycles. The first-order chi connectivity index (χ1) is 20.3. The fourth-order valence-electron chi connectivity index (χ4n) is 7.42. The molecule has 0 radical (unpaired) electrons. The van der Waals surface area contributed by atoms with Crippen molar-refractivity contribution in [2.45, 2.75) is 88.7 Å². The number of aliphatic hydroxyl groups is 1. The Hall–Kier alpha value is -2.93. The first-order valence-electron chi connectivity index (χ1n) is 15.6. The van der Waals surface area contributed by atoms with Crippen LogP contribution in [0.4, 0.5) is 4.79 Å². The van der Waals surface area contributed by atoms with E-state index in [1.165, 1.54) is 0 Å². The van der Waals surface area contributed by atoms with Crippen molar-refractivity contribution >= 4 is 23.0 Å². The zero-order valence-corrected chi connectivity index (χ0v) is 24.7. The van der Waals surface area contributed by atoms with Gasteiger partial charge in [-0.2, -0.15) is 0 Å². The minimum Gasteiger partial charge on any atom is -0.390 e. The molecule has 1 aromatic heterocycles. The molecule has 5 heterocycles. The van der Waals surface area contributed by atoms with Gasteiger partial charge in [-0.1, -0.05) is 12.1 Å². The average molecular weight is 585 g/mol. The maximum absolute atomic E-state index is 13.0. The number of rotatable bonds is 8. The first kappa shape index (κ1) is 29.2. The molecule has 4 aliphatic rings. The predicted molar refractivity (Wildman–Crippen MR) is 156 cm³/mol. The maximum Gasteiger partial charge on any atom is 0.432 e. The Labute approximate surface area is 246 Å². The summed E-state index contributed by atoms with van der Waals surface area (Å²) in [7, 11) is 0. The number of piperidine rings is 1. The molecule has 4 fully saturated rings. The fraction of sp³-hybridized carbons (Fsp3) is 0.700. The van der Waals surface area contributed by atoms with Crippen molar-refractivity contribution in [2.24, 2.45) is 0 Å². The second-order valence-electron chi connectivity index (χ2n) is 12.6.